The third-order valence-electron chi connectivity index (χ3n) is 4.99. The van der Waals surface area contributed by atoms with Crippen molar-refractivity contribution < 1.29 is 14.7 Å². The zero-order valence-corrected chi connectivity index (χ0v) is 12.2. The second-order valence-corrected chi connectivity index (χ2v) is 7.08. The fraction of sp³-hybridized carbons (Fsp3) is 0.867. The van der Waals surface area contributed by atoms with Crippen molar-refractivity contribution in [2.45, 2.75) is 46.0 Å². The number of carbonyl (C=O) groups is 2. The van der Waals surface area contributed by atoms with Gasteiger partial charge in [-0.3, -0.25) is 9.59 Å². The molecule has 0 heterocycles. The van der Waals surface area contributed by atoms with Gasteiger partial charge in [0.25, 0.3) is 0 Å². The van der Waals surface area contributed by atoms with Crippen LogP contribution in [0.4, 0.5) is 0 Å². The lowest BCUT2D eigenvalue weighted by Gasteiger charge is -2.29. The molecule has 1 amide bonds. The summed E-state index contributed by atoms with van der Waals surface area (Å²) >= 11 is 0. The van der Waals surface area contributed by atoms with E-state index in [1.807, 2.05) is 7.05 Å². The molecule has 2 saturated carbocycles. The Hall–Kier alpha value is -1.06. The standard InChI is InChI=1S/C15H25NO3/c1-15(2,14(18)19)8-13(17)16(3)9-12-7-10-4-5-11(12)6-10/h10-12H,4-9H2,1-3H3,(H,18,19). The van der Waals surface area contributed by atoms with E-state index in [9.17, 15) is 9.59 Å². The van der Waals surface area contributed by atoms with Crippen LogP contribution in [0, 0.1) is 23.2 Å². The zero-order valence-electron chi connectivity index (χ0n) is 12.2. The van der Waals surface area contributed by atoms with E-state index in [1.54, 1.807) is 18.7 Å². The summed E-state index contributed by atoms with van der Waals surface area (Å²) in [4.78, 5) is 24.9. The number of hydrogen-bond donors (Lipinski definition) is 1. The Morgan fingerprint density at radius 1 is 1.26 bits per heavy atom. The van der Waals surface area contributed by atoms with Gasteiger partial charge in [-0.25, -0.2) is 0 Å². The second kappa shape index (κ2) is 5.14. The third-order valence-corrected chi connectivity index (χ3v) is 4.99. The number of nitrogens with zero attached hydrogens (tertiary/aromatic N) is 1. The number of amides is 1. The minimum Gasteiger partial charge on any atom is -0.481 e. The fourth-order valence-electron chi connectivity index (χ4n) is 3.64. The molecule has 0 aromatic rings. The van der Waals surface area contributed by atoms with Crippen LogP contribution in [0.5, 0.6) is 0 Å². The normalized spacial score (nSPS) is 29.5. The number of carboxylic acid groups (broad SMARTS) is 1. The smallest absolute Gasteiger partial charge is 0.309 e. The molecule has 0 radical (unpaired) electrons. The monoisotopic (exact) mass is 267 g/mol. The van der Waals surface area contributed by atoms with Gasteiger partial charge < -0.3 is 10.0 Å². The number of carboxylic acids is 1. The predicted octanol–water partition coefficient (Wildman–Crippen LogP) is 2.38. The van der Waals surface area contributed by atoms with Crippen molar-refractivity contribution in [1.82, 2.24) is 4.90 Å². The molecule has 3 unspecified atom stereocenters. The first-order chi connectivity index (χ1) is 8.79. The van der Waals surface area contributed by atoms with Crippen LogP contribution < -0.4 is 0 Å². The first-order valence-electron chi connectivity index (χ1n) is 7.27. The molecule has 0 spiro atoms. The Morgan fingerprint density at radius 3 is 2.42 bits per heavy atom. The summed E-state index contributed by atoms with van der Waals surface area (Å²) in [6, 6.07) is 0. The maximum absolute atomic E-state index is 12.1. The lowest BCUT2D eigenvalue weighted by molar-refractivity contribution is -0.151. The van der Waals surface area contributed by atoms with Crippen molar-refractivity contribution in [3.63, 3.8) is 0 Å². The zero-order chi connectivity index (χ0) is 14.2. The summed E-state index contributed by atoms with van der Waals surface area (Å²) in [6.45, 7) is 4.02. The van der Waals surface area contributed by atoms with Gasteiger partial charge in [0.1, 0.15) is 0 Å². The maximum Gasteiger partial charge on any atom is 0.309 e. The van der Waals surface area contributed by atoms with E-state index < -0.39 is 11.4 Å². The average Bonchev–Trinajstić information content (AvgIpc) is 2.89. The van der Waals surface area contributed by atoms with E-state index in [-0.39, 0.29) is 12.3 Å². The van der Waals surface area contributed by atoms with Gasteiger partial charge in [0, 0.05) is 20.0 Å². The Labute approximate surface area is 115 Å². The highest BCUT2D eigenvalue weighted by Crippen LogP contribution is 2.48. The maximum atomic E-state index is 12.1. The van der Waals surface area contributed by atoms with Gasteiger partial charge in [0.15, 0.2) is 0 Å². The van der Waals surface area contributed by atoms with Gasteiger partial charge in [-0.2, -0.15) is 0 Å². The van der Waals surface area contributed by atoms with Crippen LogP contribution in [0.2, 0.25) is 0 Å². The third kappa shape index (κ3) is 3.10. The molecule has 4 nitrogen and oxygen atoms in total. The molecule has 2 aliphatic carbocycles. The molecule has 0 aliphatic heterocycles. The van der Waals surface area contributed by atoms with Crippen molar-refractivity contribution in [3.05, 3.63) is 0 Å². The molecule has 0 aromatic carbocycles. The summed E-state index contributed by atoms with van der Waals surface area (Å²) in [6.07, 6.45) is 5.36. The Balaban J connectivity index is 1.84. The number of carbonyl (C=O) groups excluding carboxylic acids is 1. The fourth-order valence-corrected chi connectivity index (χ4v) is 3.64. The molecule has 0 saturated heterocycles. The summed E-state index contributed by atoms with van der Waals surface area (Å²) in [5.41, 5.74) is -0.972. The molecular formula is C15H25NO3. The quantitative estimate of drug-likeness (QED) is 0.832. The molecule has 1 N–H and O–H groups in total. The summed E-state index contributed by atoms with van der Waals surface area (Å²) in [7, 11) is 1.81. The lowest BCUT2D eigenvalue weighted by atomic mass is 9.87. The number of aliphatic carboxylic acids is 1. The van der Waals surface area contributed by atoms with Gasteiger partial charge in [0.2, 0.25) is 5.91 Å². The van der Waals surface area contributed by atoms with Gasteiger partial charge in [-0.1, -0.05) is 6.42 Å². The molecule has 2 fully saturated rings. The number of rotatable bonds is 5. The first-order valence-corrected chi connectivity index (χ1v) is 7.27. The van der Waals surface area contributed by atoms with Crippen LogP contribution in [-0.2, 0) is 9.59 Å². The average molecular weight is 267 g/mol. The van der Waals surface area contributed by atoms with E-state index in [0.29, 0.717) is 5.92 Å². The molecule has 2 rings (SSSR count). The van der Waals surface area contributed by atoms with Crippen molar-refractivity contribution in [2.24, 2.45) is 23.2 Å². The number of fused-ring (bicyclic) bond motifs is 2. The van der Waals surface area contributed by atoms with E-state index in [2.05, 4.69) is 0 Å². The Kier molecular flexibility index (Phi) is 3.88. The SMILES string of the molecule is CN(CC1CC2CCC1C2)C(=O)CC(C)(C)C(=O)O. The van der Waals surface area contributed by atoms with Gasteiger partial charge in [-0.05, 0) is 50.9 Å². The predicted molar refractivity (Wildman–Crippen MR) is 72.6 cm³/mol. The highest BCUT2D eigenvalue weighted by Gasteiger charge is 2.40. The van der Waals surface area contributed by atoms with Crippen molar-refractivity contribution in [2.75, 3.05) is 13.6 Å². The van der Waals surface area contributed by atoms with E-state index in [4.69, 9.17) is 5.11 Å². The molecule has 0 aromatic heterocycles. The van der Waals surface area contributed by atoms with Crippen LogP contribution in [0.1, 0.15) is 46.0 Å². The summed E-state index contributed by atoms with van der Waals surface area (Å²) in [5, 5.41) is 9.07. The van der Waals surface area contributed by atoms with Gasteiger partial charge >= 0.3 is 5.97 Å². The molecule has 19 heavy (non-hydrogen) atoms. The minimum atomic E-state index is -0.972. The molecule has 4 heteroatoms. The minimum absolute atomic E-state index is 0.0461. The second-order valence-electron chi connectivity index (χ2n) is 7.08. The van der Waals surface area contributed by atoms with Crippen LogP contribution in [-0.4, -0.2) is 35.5 Å². The van der Waals surface area contributed by atoms with Gasteiger partial charge in [-0.15, -0.1) is 0 Å². The molecule has 2 aliphatic rings. The molecule has 2 bridgehead atoms. The summed E-state index contributed by atoms with van der Waals surface area (Å²) in [5.74, 6) is 1.37. The van der Waals surface area contributed by atoms with Crippen LogP contribution in [0.15, 0.2) is 0 Å². The highest BCUT2D eigenvalue weighted by molar-refractivity contribution is 5.84. The Morgan fingerprint density at radius 2 is 1.95 bits per heavy atom. The largest absolute Gasteiger partial charge is 0.481 e. The number of hydrogen-bond acceptors (Lipinski definition) is 2. The Bertz CT molecular complexity index is 378. The molecule has 3 atom stereocenters. The highest BCUT2D eigenvalue weighted by atomic mass is 16.4. The topological polar surface area (TPSA) is 57.6 Å². The van der Waals surface area contributed by atoms with E-state index >= 15 is 0 Å². The van der Waals surface area contributed by atoms with Crippen molar-refractivity contribution >= 4 is 11.9 Å². The first kappa shape index (κ1) is 14.4. The van der Waals surface area contributed by atoms with Crippen LogP contribution in [0.3, 0.4) is 0 Å². The lowest BCUT2D eigenvalue weighted by Crippen LogP contribution is -2.38. The molecule has 108 valence electrons. The van der Waals surface area contributed by atoms with Crippen molar-refractivity contribution in [3.8, 4) is 0 Å². The van der Waals surface area contributed by atoms with Crippen molar-refractivity contribution in [1.29, 1.82) is 0 Å². The summed E-state index contributed by atoms with van der Waals surface area (Å²) < 4.78 is 0. The van der Waals surface area contributed by atoms with Crippen LogP contribution >= 0.6 is 0 Å². The van der Waals surface area contributed by atoms with E-state index in [1.165, 1.54) is 25.7 Å². The van der Waals surface area contributed by atoms with Crippen LogP contribution in [0.25, 0.3) is 0 Å². The van der Waals surface area contributed by atoms with Gasteiger partial charge in [0.05, 0.1) is 5.41 Å². The van der Waals surface area contributed by atoms with E-state index in [0.717, 1.165) is 18.4 Å². The molecular weight excluding hydrogens is 242 g/mol.